The van der Waals surface area contributed by atoms with E-state index in [9.17, 15) is 9.59 Å². The van der Waals surface area contributed by atoms with E-state index in [4.69, 9.17) is 0 Å². The van der Waals surface area contributed by atoms with E-state index >= 15 is 0 Å². The van der Waals surface area contributed by atoms with Crippen LogP contribution in [0.3, 0.4) is 0 Å². The summed E-state index contributed by atoms with van der Waals surface area (Å²) in [5.74, 6) is 0.851. The first-order valence-corrected chi connectivity index (χ1v) is 7.88. The molecule has 2 amide bonds. The van der Waals surface area contributed by atoms with Crippen LogP contribution in [-0.2, 0) is 16.1 Å². The third-order valence-corrected chi connectivity index (χ3v) is 4.00. The highest BCUT2D eigenvalue weighted by atomic mass is 16.2. The fourth-order valence-corrected chi connectivity index (χ4v) is 2.55. The molecule has 120 valence electrons. The van der Waals surface area contributed by atoms with E-state index in [1.54, 1.807) is 6.20 Å². The zero-order valence-corrected chi connectivity index (χ0v) is 13.3. The molecule has 2 rings (SSSR count). The smallest absolute Gasteiger partial charge is 0.225 e. The number of piperidine rings is 1. The predicted octanol–water partition coefficient (Wildman–Crippen LogP) is 1.07. The third-order valence-electron chi connectivity index (χ3n) is 4.00. The van der Waals surface area contributed by atoms with Gasteiger partial charge in [0.15, 0.2) is 0 Å². The number of hydrogen-bond donors (Lipinski definition) is 2. The maximum Gasteiger partial charge on any atom is 0.225 e. The summed E-state index contributed by atoms with van der Waals surface area (Å²) in [6, 6.07) is 3.97. The minimum Gasteiger partial charge on any atom is -0.357 e. The number of nitrogens with zero attached hydrogens (tertiary/aromatic N) is 2. The molecule has 1 unspecified atom stereocenters. The second-order valence-corrected chi connectivity index (χ2v) is 5.45. The van der Waals surface area contributed by atoms with Crippen LogP contribution in [0.25, 0.3) is 0 Å². The minimum absolute atomic E-state index is 0.00665. The van der Waals surface area contributed by atoms with Crippen LogP contribution in [-0.4, -0.2) is 36.4 Å². The highest BCUT2D eigenvalue weighted by molar-refractivity contribution is 5.83. The Labute approximate surface area is 131 Å². The number of aromatic nitrogens is 1. The van der Waals surface area contributed by atoms with Gasteiger partial charge in [-0.05, 0) is 31.9 Å². The Balaban J connectivity index is 1.83. The molecule has 1 fully saturated rings. The first-order valence-electron chi connectivity index (χ1n) is 7.88. The van der Waals surface area contributed by atoms with Crippen molar-refractivity contribution in [2.75, 3.05) is 24.5 Å². The Hall–Kier alpha value is -2.11. The van der Waals surface area contributed by atoms with E-state index in [1.807, 2.05) is 12.1 Å². The molecule has 1 aromatic rings. The third kappa shape index (κ3) is 4.19. The van der Waals surface area contributed by atoms with Gasteiger partial charge in [0, 0.05) is 38.8 Å². The predicted molar refractivity (Wildman–Crippen MR) is 85.4 cm³/mol. The Bertz CT molecular complexity index is 501. The molecular formula is C16H24N4O2. The molecule has 0 bridgehead atoms. The van der Waals surface area contributed by atoms with Gasteiger partial charge in [0.05, 0.1) is 5.92 Å². The first kappa shape index (κ1) is 16.3. The van der Waals surface area contributed by atoms with Crippen LogP contribution < -0.4 is 15.5 Å². The number of pyridine rings is 1. The largest absolute Gasteiger partial charge is 0.357 e. The summed E-state index contributed by atoms with van der Waals surface area (Å²) in [6.45, 7) is 6.95. The van der Waals surface area contributed by atoms with Crippen molar-refractivity contribution in [2.45, 2.75) is 33.2 Å². The van der Waals surface area contributed by atoms with Crippen LogP contribution in [0.4, 0.5) is 5.82 Å². The second kappa shape index (κ2) is 7.77. The Morgan fingerprint density at radius 1 is 1.41 bits per heavy atom. The Morgan fingerprint density at radius 3 is 2.73 bits per heavy atom. The average Bonchev–Trinajstić information content (AvgIpc) is 2.55. The van der Waals surface area contributed by atoms with Gasteiger partial charge in [-0.25, -0.2) is 4.98 Å². The number of carbonyl (C=O) groups excluding carboxylic acids is 2. The molecule has 2 heterocycles. The van der Waals surface area contributed by atoms with E-state index in [0.717, 1.165) is 24.5 Å². The number of carbonyl (C=O) groups is 2. The molecule has 0 spiro atoms. The zero-order chi connectivity index (χ0) is 15.9. The molecule has 6 nitrogen and oxygen atoms in total. The van der Waals surface area contributed by atoms with Crippen molar-refractivity contribution < 1.29 is 9.59 Å². The van der Waals surface area contributed by atoms with Crippen molar-refractivity contribution in [1.82, 2.24) is 15.6 Å². The first-order chi connectivity index (χ1) is 10.6. The Kier molecular flexibility index (Phi) is 5.75. The lowest BCUT2D eigenvalue weighted by molar-refractivity contribution is -0.129. The summed E-state index contributed by atoms with van der Waals surface area (Å²) in [5, 5.41) is 5.64. The SMILES string of the molecule is CCN(CC)c1ccc(CNC(=O)C2CCC(=O)NC2)cn1. The molecule has 0 radical (unpaired) electrons. The quantitative estimate of drug-likeness (QED) is 0.824. The van der Waals surface area contributed by atoms with Crippen molar-refractivity contribution in [3.05, 3.63) is 23.9 Å². The van der Waals surface area contributed by atoms with Crippen LogP contribution in [0.5, 0.6) is 0 Å². The molecule has 1 atom stereocenters. The lowest BCUT2D eigenvalue weighted by Crippen LogP contribution is -2.42. The highest BCUT2D eigenvalue weighted by Gasteiger charge is 2.23. The molecule has 1 aliphatic heterocycles. The molecule has 1 aliphatic rings. The molecule has 1 aromatic heterocycles. The van der Waals surface area contributed by atoms with E-state index in [-0.39, 0.29) is 17.7 Å². The second-order valence-electron chi connectivity index (χ2n) is 5.45. The van der Waals surface area contributed by atoms with Crippen LogP contribution >= 0.6 is 0 Å². The molecule has 6 heteroatoms. The van der Waals surface area contributed by atoms with Crippen molar-refractivity contribution in [3.8, 4) is 0 Å². The minimum atomic E-state index is -0.124. The monoisotopic (exact) mass is 304 g/mol. The molecule has 0 saturated carbocycles. The summed E-state index contributed by atoms with van der Waals surface area (Å²) < 4.78 is 0. The van der Waals surface area contributed by atoms with Crippen molar-refractivity contribution in [1.29, 1.82) is 0 Å². The van der Waals surface area contributed by atoms with Crippen LogP contribution in [0.1, 0.15) is 32.3 Å². The number of amides is 2. The van der Waals surface area contributed by atoms with Gasteiger partial charge in [0.25, 0.3) is 0 Å². The van der Waals surface area contributed by atoms with Gasteiger partial charge in [0.2, 0.25) is 11.8 Å². The summed E-state index contributed by atoms with van der Waals surface area (Å²) in [7, 11) is 0. The van der Waals surface area contributed by atoms with Gasteiger partial charge in [-0.15, -0.1) is 0 Å². The van der Waals surface area contributed by atoms with E-state index in [0.29, 0.717) is 25.9 Å². The standard InChI is InChI=1S/C16H24N4O2/c1-3-20(4-2)14-7-5-12(9-17-14)10-19-16(22)13-6-8-15(21)18-11-13/h5,7,9,13H,3-4,6,8,10-11H2,1-2H3,(H,18,21)(H,19,22). The number of rotatable bonds is 6. The van der Waals surface area contributed by atoms with E-state index < -0.39 is 0 Å². The van der Waals surface area contributed by atoms with Crippen molar-refractivity contribution in [3.63, 3.8) is 0 Å². The molecular weight excluding hydrogens is 280 g/mol. The topological polar surface area (TPSA) is 74.3 Å². The fourth-order valence-electron chi connectivity index (χ4n) is 2.55. The van der Waals surface area contributed by atoms with Gasteiger partial charge in [0.1, 0.15) is 5.82 Å². The summed E-state index contributed by atoms with van der Waals surface area (Å²) >= 11 is 0. The van der Waals surface area contributed by atoms with E-state index in [2.05, 4.69) is 34.4 Å². The number of nitrogens with one attached hydrogen (secondary N) is 2. The number of hydrogen-bond acceptors (Lipinski definition) is 4. The maximum absolute atomic E-state index is 12.1. The van der Waals surface area contributed by atoms with E-state index in [1.165, 1.54) is 0 Å². The van der Waals surface area contributed by atoms with Crippen molar-refractivity contribution >= 4 is 17.6 Å². The van der Waals surface area contributed by atoms with Gasteiger partial charge in [-0.1, -0.05) is 6.07 Å². The normalized spacial score (nSPS) is 17.7. The summed E-state index contributed by atoms with van der Waals surface area (Å²) in [6.07, 6.45) is 2.85. The molecule has 0 aliphatic carbocycles. The lowest BCUT2D eigenvalue weighted by Gasteiger charge is -2.22. The van der Waals surface area contributed by atoms with Gasteiger partial charge < -0.3 is 15.5 Å². The van der Waals surface area contributed by atoms with Crippen molar-refractivity contribution in [2.24, 2.45) is 5.92 Å². The summed E-state index contributed by atoms with van der Waals surface area (Å²) in [4.78, 5) is 29.8. The number of anilines is 1. The molecule has 22 heavy (non-hydrogen) atoms. The van der Waals surface area contributed by atoms with Gasteiger partial charge >= 0.3 is 0 Å². The fraction of sp³-hybridized carbons (Fsp3) is 0.562. The molecule has 0 aromatic carbocycles. The van der Waals surface area contributed by atoms with Gasteiger partial charge in [-0.3, -0.25) is 9.59 Å². The summed E-state index contributed by atoms with van der Waals surface area (Å²) in [5.41, 5.74) is 0.976. The maximum atomic E-state index is 12.1. The molecule has 1 saturated heterocycles. The lowest BCUT2D eigenvalue weighted by atomic mass is 9.98. The van der Waals surface area contributed by atoms with Crippen LogP contribution in [0.2, 0.25) is 0 Å². The Morgan fingerprint density at radius 2 is 2.18 bits per heavy atom. The molecule has 2 N–H and O–H groups in total. The average molecular weight is 304 g/mol. The van der Waals surface area contributed by atoms with Crippen LogP contribution in [0, 0.1) is 5.92 Å². The van der Waals surface area contributed by atoms with Gasteiger partial charge in [-0.2, -0.15) is 0 Å². The highest BCUT2D eigenvalue weighted by Crippen LogP contribution is 2.13. The van der Waals surface area contributed by atoms with Crippen LogP contribution in [0.15, 0.2) is 18.3 Å². The zero-order valence-electron chi connectivity index (χ0n) is 13.3.